The van der Waals surface area contributed by atoms with Gasteiger partial charge in [-0.15, -0.1) is 0 Å². The van der Waals surface area contributed by atoms with E-state index in [2.05, 4.69) is 10.1 Å². The molecule has 1 aromatic heterocycles. The maximum Gasteiger partial charge on any atom is 0.322 e. The fourth-order valence-electron chi connectivity index (χ4n) is 0.607. The maximum absolute atomic E-state index is 10.2. The first-order chi connectivity index (χ1) is 5.20. The van der Waals surface area contributed by atoms with Crippen molar-refractivity contribution in [2.45, 2.75) is 12.6 Å². The summed E-state index contributed by atoms with van der Waals surface area (Å²) >= 11 is 0. The first-order valence-electron chi connectivity index (χ1n) is 3.01. The summed E-state index contributed by atoms with van der Waals surface area (Å²) < 4.78 is 1.37. The Morgan fingerprint density at radius 2 is 2.55 bits per heavy atom. The average Bonchev–Trinajstić information content (AvgIpc) is 2.39. The van der Waals surface area contributed by atoms with Crippen LogP contribution in [0.25, 0.3) is 0 Å². The fraction of sp³-hybridized carbons (Fsp3) is 0.400. The van der Waals surface area contributed by atoms with Crippen molar-refractivity contribution in [3.05, 3.63) is 12.7 Å². The van der Waals surface area contributed by atoms with Gasteiger partial charge in [0.05, 0.1) is 6.54 Å². The van der Waals surface area contributed by atoms with Crippen molar-refractivity contribution in [2.24, 2.45) is 5.73 Å². The van der Waals surface area contributed by atoms with Crippen LogP contribution >= 0.6 is 0 Å². The van der Waals surface area contributed by atoms with E-state index in [9.17, 15) is 4.79 Å². The normalized spacial score (nSPS) is 12.8. The number of nitrogens with zero attached hydrogens (tertiary/aromatic N) is 3. The lowest BCUT2D eigenvalue weighted by Crippen LogP contribution is -2.34. The summed E-state index contributed by atoms with van der Waals surface area (Å²) in [7, 11) is 0. The minimum Gasteiger partial charge on any atom is -0.480 e. The Kier molecular flexibility index (Phi) is 2.17. The first-order valence-corrected chi connectivity index (χ1v) is 3.01. The van der Waals surface area contributed by atoms with E-state index in [0.29, 0.717) is 0 Å². The van der Waals surface area contributed by atoms with Crippen molar-refractivity contribution < 1.29 is 9.90 Å². The van der Waals surface area contributed by atoms with Gasteiger partial charge in [0, 0.05) is 0 Å². The van der Waals surface area contributed by atoms with Crippen molar-refractivity contribution in [3.8, 4) is 0 Å². The summed E-state index contributed by atoms with van der Waals surface area (Å²) in [4.78, 5) is 13.9. The van der Waals surface area contributed by atoms with E-state index >= 15 is 0 Å². The topological polar surface area (TPSA) is 94.0 Å². The Morgan fingerprint density at radius 1 is 1.82 bits per heavy atom. The van der Waals surface area contributed by atoms with Crippen LogP contribution in [0.1, 0.15) is 0 Å². The quantitative estimate of drug-likeness (QED) is 0.566. The summed E-state index contributed by atoms with van der Waals surface area (Å²) in [6, 6.07) is -0.920. The van der Waals surface area contributed by atoms with Gasteiger partial charge in [-0.05, 0) is 0 Å². The molecule has 0 amide bonds. The molecule has 0 saturated carbocycles. The Morgan fingerprint density at radius 3 is 3.00 bits per heavy atom. The molecule has 0 aliphatic carbocycles. The van der Waals surface area contributed by atoms with Crippen LogP contribution in [-0.2, 0) is 11.3 Å². The minimum absolute atomic E-state index is 0.148. The summed E-state index contributed by atoms with van der Waals surface area (Å²) in [5.41, 5.74) is 5.22. The van der Waals surface area contributed by atoms with Gasteiger partial charge in [0.2, 0.25) is 0 Å². The number of rotatable bonds is 3. The predicted molar refractivity (Wildman–Crippen MR) is 35.6 cm³/mol. The van der Waals surface area contributed by atoms with E-state index in [1.165, 1.54) is 17.3 Å². The van der Waals surface area contributed by atoms with Crippen LogP contribution in [0, 0.1) is 0 Å². The van der Waals surface area contributed by atoms with Crippen molar-refractivity contribution in [1.82, 2.24) is 14.8 Å². The third-order valence-corrected chi connectivity index (χ3v) is 1.17. The van der Waals surface area contributed by atoms with E-state index in [4.69, 9.17) is 10.8 Å². The van der Waals surface area contributed by atoms with Gasteiger partial charge in [0.25, 0.3) is 0 Å². The standard InChI is InChI=1S/C5H8N4O2/c6-4(5(10)11)1-9-3-7-2-8-9/h2-4H,1,6H2,(H,10,11). The minimum atomic E-state index is -1.04. The van der Waals surface area contributed by atoms with E-state index in [1.807, 2.05) is 0 Å². The number of nitrogens with two attached hydrogens (primary N) is 1. The predicted octanol–water partition coefficient (Wildman–Crippen LogP) is -1.31. The molecule has 6 nitrogen and oxygen atoms in total. The SMILES string of the molecule is NC(Cn1cncn1)C(=O)O. The highest BCUT2D eigenvalue weighted by Crippen LogP contribution is 1.85. The van der Waals surface area contributed by atoms with Gasteiger partial charge < -0.3 is 10.8 Å². The second kappa shape index (κ2) is 3.11. The molecule has 0 saturated heterocycles. The molecule has 1 atom stereocenters. The Hall–Kier alpha value is -1.43. The molecule has 1 heterocycles. The third kappa shape index (κ3) is 2.01. The zero-order chi connectivity index (χ0) is 8.27. The van der Waals surface area contributed by atoms with Crippen LogP contribution in [-0.4, -0.2) is 31.9 Å². The highest BCUT2D eigenvalue weighted by molar-refractivity contribution is 5.72. The van der Waals surface area contributed by atoms with Crippen LogP contribution in [0.3, 0.4) is 0 Å². The number of carboxylic acids is 1. The number of carboxylic acid groups (broad SMARTS) is 1. The molecular formula is C5H8N4O2. The molecule has 1 rings (SSSR count). The van der Waals surface area contributed by atoms with Gasteiger partial charge >= 0.3 is 5.97 Å². The molecule has 11 heavy (non-hydrogen) atoms. The Balaban J connectivity index is 2.50. The van der Waals surface area contributed by atoms with E-state index in [0.717, 1.165) is 0 Å². The van der Waals surface area contributed by atoms with Crippen LogP contribution in [0.4, 0.5) is 0 Å². The van der Waals surface area contributed by atoms with Crippen molar-refractivity contribution >= 4 is 5.97 Å². The van der Waals surface area contributed by atoms with Crippen LogP contribution < -0.4 is 5.73 Å². The van der Waals surface area contributed by atoms with Crippen molar-refractivity contribution in [2.75, 3.05) is 0 Å². The molecule has 3 N–H and O–H groups in total. The lowest BCUT2D eigenvalue weighted by molar-refractivity contribution is -0.138. The molecular weight excluding hydrogens is 148 g/mol. The molecule has 0 aliphatic heterocycles. The van der Waals surface area contributed by atoms with Gasteiger partial charge in [-0.25, -0.2) is 4.98 Å². The second-order valence-electron chi connectivity index (χ2n) is 2.06. The van der Waals surface area contributed by atoms with Crippen molar-refractivity contribution in [1.29, 1.82) is 0 Å². The number of hydrogen-bond donors (Lipinski definition) is 2. The van der Waals surface area contributed by atoms with Gasteiger partial charge in [-0.2, -0.15) is 5.10 Å². The average molecular weight is 156 g/mol. The fourth-order valence-corrected chi connectivity index (χ4v) is 0.607. The molecule has 0 fully saturated rings. The molecule has 0 spiro atoms. The largest absolute Gasteiger partial charge is 0.480 e. The van der Waals surface area contributed by atoms with Gasteiger partial charge in [-0.1, -0.05) is 0 Å². The van der Waals surface area contributed by atoms with Crippen LogP contribution in [0.2, 0.25) is 0 Å². The summed E-state index contributed by atoms with van der Waals surface area (Å²) in [6.07, 6.45) is 2.75. The number of aromatic nitrogens is 3. The molecule has 0 aromatic carbocycles. The molecule has 60 valence electrons. The van der Waals surface area contributed by atoms with E-state index in [-0.39, 0.29) is 6.54 Å². The first kappa shape index (κ1) is 7.67. The zero-order valence-corrected chi connectivity index (χ0v) is 5.71. The third-order valence-electron chi connectivity index (χ3n) is 1.17. The molecule has 6 heteroatoms. The Bertz CT molecular complexity index is 233. The maximum atomic E-state index is 10.2. The van der Waals surface area contributed by atoms with Gasteiger partial charge in [-0.3, -0.25) is 9.48 Å². The highest BCUT2D eigenvalue weighted by Gasteiger charge is 2.11. The smallest absolute Gasteiger partial charge is 0.322 e. The molecule has 0 aliphatic rings. The highest BCUT2D eigenvalue weighted by atomic mass is 16.4. The summed E-state index contributed by atoms with van der Waals surface area (Å²) in [5.74, 6) is -1.04. The number of hydrogen-bond acceptors (Lipinski definition) is 4. The summed E-state index contributed by atoms with van der Waals surface area (Å²) in [6.45, 7) is 0.148. The Labute approximate surface area is 62.6 Å². The van der Waals surface area contributed by atoms with Crippen molar-refractivity contribution in [3.63, 3.8) is 0 Å². The van der Waals surface area contributed by atoms with Gasteiger partial charge in [0.15, 0.2) is 0 Å². The van der Waals surface area contributed by atoms with Crippen LogP contribution in [0.15, 0.2) is 12.7 Å². The lowest BCUT2D eigenvalue weighted by Gasteiger charge is -2.04. The lowest BCUT2D eigenvalue weighted by atomic mass is 10.3. The zero-order valence-electron chi connectivity index (χ0n) is 5.71. The van der Waals surface area contributed by atoms with E-state index < -0.39 is 12.0 Å². The second-order valence-corrected chi connectivity index (χ2v) is 2.06. The van der Waals surface area contributed by atoms with Crippen LogP contribution in [0.5, 0.6) is 0 Å². The molecule has 1 unspecified atom stereocenters. The summed E-state index contributed by atoms with van der Waals surface area (Å²) in [5, 5.41) is 12.1. The number of aliphatic carboxylic acids is 1. The molecule has 1 aromatic rings. The van der Waals surface area contributed by atoms with Gasteiger partial charge in [0.1, 0.15) is 18.7 Å². The molecule has 0 bridgehead atoms. The monoisotopic (exact) mass is 156 g/mol. The molecule has 0 radical (unpaired) electrons. The van der Waals surface area contributed by atoms with E-state index in [1.54, 1.807) is 0 Å². The number of carbonyl (C=O) groups is 1.